The lowest BCUT2D eigenvalue weighted by atomic mass is 10.1. The van der Waals surface area contributed by atoms with E-state index in [1.54, 1.807) is 12.1 Å². The minimum atomic E-state index is -0.0483. The Morgan fingerprint density at radius 2 is 2.06 bits per heavy atom. The average molecular weight is 269 g/mol. The summed E-state index contributed by atoms with van der Waals surface area (Å²) in [5, 5.41) is 6.63. The second-order valence-corrected chi connectivity index (χ2v) is 5.41. The van der Waals surface area contributed by atoms with Crippen molar-refractivity contribution in [2.45, 2.75) is 33.2 Å². The molecule has 3 nitrogen and oxygen atoms in total. The van der Waals surface area contributed by atoms with Crippen LogP contribution in [0.1, 0.15) is 27.2 Å². The van der Waals surface area contributed by atoms with Gasteiger partial charge in [-0.05, 0) is 37.5 Å². The first-order chi connectivity index (χ1) is 8.47. The van der Waals surface area contributed by atoms with Crippen LogP contribution in [0.4, 0.5) is 5.69 Å². The van der Waals surface area contributed by atoms with Crippen molar-refractivity contribution in [1.29, 1.82) is 0 Å². The van der Waals surface area contributed by atoms with Crippen molar-refractivity contribution in [3.8, 4) is 0 Å². The third-order valence-corrected chi connectivity index (χ3v) is 2.78. The van der Waals surface area contributed by atoms with Gasteiger partial charge in [-0.15, -0.1) is 0 Å². The zero-order valence-corrected chi connectivity index (χ0v) is 11.9. The lowest BCUT2D eigenvalue weighted by Gasteiger charge is -2.15. The molecule has 4 heteroatoms. The van der Waals surface area contributed by atoms with Crippen LogP contribution in [0, 0.1) is 5.92 Å². The highest BCUT2D eigenvalue weighted by atomic mass is 35.5. The Kier molecular flexibility index (Phi) is 6.16. The Balaban J connectivity index is 2.34. The molecule has 1 aromatic carbocycles. The van der Waals surface area contributed by atoms with Gasteiger partial charge in [0.15, 0.2) is 0 Å². The number of hydrogen-bond donors (Lipinski definition) is 2. The summed E-state index contributed by atoms with van der Waals surface area (Å²) in [4.78, 5) is 11.7. The number of carbonyl (C=O) groups excluding carboxylic acids is 1. The molecule has 0 bridgehead atoms. The van der Waals surface area contributed by atoms with Crippen LogP contribution in [0.3, 0.4) is 0 Å². The second-order valence-electron chi connectivity index (χ2n) is 4.97. The summed E-state index contributed by atoms with van der Waals surface area (Å²) >= 11 is 5.85. The van der Waals surface area contributed by atoms with E-state index >= 15 is 0 Å². The summed E-state index contributed by atoms with van der Waals surface area (Å²) in [5.41, 5.74) is 0.728. The van der Waals surface area contributed by atoms with Gasteiger partial charge in [0, 0.05) is 16.8 Å². The summed E-state index contributed by atoms with van der Waals surface area (Å²) < 4.78 is 0. The quantitative estimate of drug-likeness (QED) is 0.831. The van der Waals surface area contributed by atoms with Crippen LogP contribution >= 0.6 is 11.6 Å². The van der Waals surface area contributed by atoms with Crippen LogP contribution in [-0.4, -0.2) is 18.5 Å². The molecular weight excluding hydrogens is 248 g/mol. The molecule has 0 aliphatic heterocycles. The summed E-state index contributed by atoms with van der Waals surface area (Å²) in [6.07, 6.45) is 1.06. The minimum absolute atomic E-state index is 0.0483. The fraction of sp³-hybridized carbons (Fsp3) is 0.500. The molecular formula is C14H21ClN2O. The van der Waals surface area contributed by atoms with E-state index in [2.05, 4.69) is 31.4 Å². The highest BCUT2D eigenvalue weighted by molar-refractivity contribution is 6.30. The molecule has 0 saturated heterocycles. The molecule has 0 radical (unpaired) electrons. The molecule has 0 heterocycles. The van der Waals surface area contributed by atoms with Gasteiger partial charge < -0.3 is 10.6 Å². The SMILES string of the molecule is CC(C)CC(C)NCC(=O)Nc1cccc(Cl)c1. The number of rotatable bonds is 6. The normalized spacial score (nSPS) is 12.5. The largest absolute Gasteiger partial charge is 0.325 e. The monoisotopic (exact) mass is 268 g/mol. The molecule has 0 aromatic heterocycles. The van der Waals surface area contributed by atoms with E-state index in [0.29, 0.717) is 23.5 Å². The first kappa shape index (κ1) is 15.0. The molecule has 100 valence electrons. The molecule has 0 fully saturated rings. The van der Waals surface area contributed by atoms with Crippen molar-refractivity contribution in [3.05, 3.63) is 29.3 Å². The van der Waals surface area contributed by atoms with E-state index in [0.717, 1.165) is 12.1 Å². The molecule has 0 saturated carbocycles. The molecule has 0 spiro atoms. The Hall–Kier alpha value is -1.06. The lowest BCUT2D eigenvalue weighted by Crippen LogP contribution is -2.35. The van der Waals surface area contributed by atoms with Gasteiger partial charge in [0.05, 0.1) is 6.54 Å². The highest BCUT2D eigenvalue weighted by Crippen LogP contribution is 2.14. The molecule has 1 rings (SSSR count). The van der Waals surface area contributed by atoms with E-state index in [4.69, 9.17) is 11.6 Å². The smallest absolute Gasteiger partial charge is 0.238 e. The van der Waals surface area contributed by atoms with Crippen LogP contribution in [0.5, 0.6) is 0 Å². The summed E-state index contributed by atoms with van der Waals surface area (Å²) in [6, 6.07) is 7.49. The fourth-order valence-corrected chi connectivity index (χ4v) is 2.02. The number of amides is 1. The Labute approximate surface area is 114 Å². The first-order valence-corrected chi connectivity index (χ1v) is 6.64. The highest BCUT2D eigenvalue weighted by Gasteiger charge is 2.07. The van der Waals surface area contributed by atoms with E-state index < -0.39 is 0 Å². The number of halogens is 1. The van der Waals surface area contributed by atoms with Gasteiger partial charge in [0.1, 0.15) is 0 Å². The van der Waals surface area contributed by atoms with Crippen LogP contribution in [0.2, 0.25) is 5.02 Å². The molecule has 1 amide bonds. The zero-order valence-electron chi connectivity index (χ0n) is 11.2. The van der Waals surface area contributed by atoms with Crippen molar-refractivity contribution >= 4 is 23.2 Å². The fourth-order valence-electron chi connectivity index (χ4n) is 1.83. The van der Waals surface area contributed by atoms with Crippen molar-refractivity contribution in [1.82, 2.24) is 5.32 Å². The van der Waals surface area contributed by atoms with E-state index in [9.17, 15) is 4.79 Å². The Morgan fingerprint density at radius 3 is 2.67 bits per heavy atom. The lowest BCUT2D eigenvalue weighted by molar-refractivity contribution is -0.115. The maximum atomic E-state index is 11.7. The van der Waals surface area contributed by atoms with Crippen LogP contribution in [-0.2, 0) is 4.79 Å². The molecule has 0 aliphatic rings. The van der Waals surface area contributed by atoms with Gasteiger partial charge in [-0.25, -0.2) is 0 Å². The van der Waals surface area contributed by atoms with E-state index in [1.807, 2.05) is 12.1 Å². The maximum absolute atomic E-state index is 11.7. The van der Waals surface area contributed by atoms with Crippen molar-refractivity contribution in [3.63, 3.8) is 0 Å². The van der Waals surface area contributed by atoms with Crippen LogP contribution < -0.4 is 10.6 Å². The van der Waals surface area contributed by atoms with Crippen molar-refractivity contribution in [2.75, 3.05) is 11.9 Å². The van der Waals surface area contributed by atoms with Crippen LogP contribution in [0.25, 0.3) is 0 Å². The number of hydrogen-bond acceptors (Lipinski definition) is 2. The first-order valence-electron chi connectivity index (χ1n) is 6.26. The third kappa shape index (κ3) is 6.03. The van der Waals surface area contributed by atoms with Gasteiger partial charge in [-0.3, -0.25) is 4.79 Å². The zero-order chi connectivity index (χ0) is 13.5. The van der Waals surface area contributed by atoms with Gasteiger partial charge in [-0.1, -0.05) is 31.5 Å². The average Bonchev–Trinajstić information content (AvgIpc) is 2.25. The van der Waals surface area contributed by atoms with Crippen molar-refractivity contribution < 1.29 is 4.79 Å². The summed E-state index contributed by atoms with van der Waals surface area (Å²) in [6.45, 7) is 6.75. The van der Waals surface area contributed by atoms with Crippen molar-refractivity contribution in [2.24, 2.45) is 5.92 Å². The number of anilines is 1. The molecule has 1 aromatic rings. The minimum Gasteiger partial charge on any atom is -0.325 e. The molecule has 2 N–H and O–H groups in total. The maximum Gasteiger partial charge on any atom is 0.238 e. The molecule has 0 aliphatic carbocycles. The summed E-state index contributed by atoms with van der Waals surface area (Å²) in [5.74, 6) is 0.580. The Morgan fingerprint density at radius 1 is 1.33 bits per heavy atom. The molecule has 1 unspecified atom stereocenters. The summed E-state index contributed by atoms with van der Waals surface area (Å²) in [7, 11) is 0. The molecule has 1 atom stereocenters. The van der Waals surface area contributed by atoms with E-state index in [-0.39, 0.29) is 5.91 Å². The molecule has 18 heavy (non-hydrogen) atoms. The predicted molar refractivity (Wildman–Crippen MR) is 77.0 cm³/mol. The van der Waals surface area contributed by atoms with Gasteiger partial charge in [0.2, 0.25) is 5.91 Å². The Bertz CT molecular complexity index is 393. The predicted octanol–water partition coefficient (Wildman–Crippen LogP) is 3.30. The second kappa shape index (κ2) is 7.39. The van der Waals surface area contributed by atoms with Gasteiger partial charge in [-0.2, -0.15) is 0 Å². The van der Waals surface area contributed by atoms with Crippen LogP contribution in [0.15, 0.2) is 24.3 Å². The third-order valence-electron chi connectivity index (χ3n) is 2.54. The number of carbonyl (C=O) groups is 1. The van der Waals surface area contributed by atoms with E-state index in [1.165, 1.54) is 0 Å². The number of benzene rings is 1. The van der Waals surface area contributed by atoms with Gasteiger partial charge >= 0.3 is 0 Å². The van der Waals surface area contributed by atoms with Gasteiger partial charge in [0.25, 0.3) is 0 Å². The number of nitrogens with one attached hydrogen (secondary N) is 2. The standard InChI is InChI=1S/C14H21ClN2O/c1-10(2)7-11(3)16-9-14(18)17-13-6-4-5-12(15)8-13/h4-6,8,10-11,16H,7,9H2,1-3H3,(H,17,18). The topological polar surface area (TPSA) is 41.1 Å².